The van der Waals surface area contributed by atoms with Crippen molar-refractivity contribution in [3.8, 4) is 0 Å². The summed E-state index contributed by atoms with van der Waals surface area (Å²) < 4.78 is 0. The molecule has 7 aliphatic carbocycles. The first-order chi connectivity index (χ1) is 24.8. The van der Waals surface area contributed by atoms with Crippen molar-refractivity contribution in [3.63, 3.8) is 0 Å². The van der Waals surface area contributed by atoms with E-state index in [2.05, 4.69) is 48.6 Å². The van der Waals surface area contributed by atoms with Crippen molar-refractivity contribution in [2.24, 2.45) is 5.92 Å². The maximum atomic E-state index is 2.76. The van der Waals surface area contributed by atoms with E-state index in [9.17, 15) is 0 Å². The van der Waals surface area contributed by atoms with E-state index in [-0.39, 0.29) is 0 Å². The molecule has 50 heavy (non-hydrogen) atoms. The third-order valence-electron chi connectivity index (χ3n) is 16.6. The fourth-order valence-corrected chi connectivity index (χ4v) is 15.8. The molecule has 7 aliphatic rings. The Balaban J connectivity index is 1.35. The molecule has 0 aliphatic heterocycles. The highest BCUT2D eigenvalue weighted by molar-refractivity contribution is 6.65. The SMILES string of the molecule is C1=C2Cc3cc4c5c6c3c2c2c3c7c8c9c%10c(cc%11c%12c%10c7c7c%10c%12c%12c(ccc%13c%14ccc(c%15c%14c(c%13%12)c%10c(c5%15)c7c36)C4)C%11)CC9=CC1C28. The summed E-state index contributed by atoms with van der Waals surface area (Å²) in [6, 6.07) is 15.5. The van der Waals surface area contributed by atoms with Gasteiger partial charge in [-0.1, -0.05) is 48.6 Å². The Morgan fingerprint density at radius 2 is 0.700 bits per heavy atom. The molecule has 0 heteroatoms. The van der Waals surface area contributed by atoms with Crippen molar-refractivity contribution in [2.45, 2.75) is 31.6 Å². The van der Waals surface area contributed by atoms with Crippen LogP contribution in [0.5, 0.6) is 0 Å². The van der Waals surface area contributed by atoms with Crippen LogP contribution >= 0.6 is 0 Å². The average molecular weight is 619 g/mol. The molecule has 0 fully saturated rings. The molecule has 0 nitrogen and oxygen atoms in total. The monoisotopic (exact) mass is 618 g/mol. The van der Waals surface area contributed by atoms with Gasteiger partial charge >= 0.3 is 0 Å². The van der Waals surface area contributed by atoms with Gasteiger partial charge in [0.2, 0.25) is 0 Å². The number of hydrogen-bond acceptors (Lipinski definition) is 0. The number of rotatable bonds is 0. The summed E-state index contributed by atoms with van der Waals surface area (Å²) in [5.74, 6) is 0.950. The Morgan fingerprint density at radius 1 is 0.320 bits per heavy atom. The van der Waals surface area contributed by atoms with E-state index in [0.717, 1.165) is 25.7 Å². The molecule has 0 aromatic heterocycles. The highest BCUT2D eigenvalue weighted by Gasteiger charge is 2.49. The van der Waals surface area contributed by atoms with Crippen LogP contribution in [0.3, 0.4) is 0 Å². The predicted molar refractivity (Wildman–Crippen MR) is 209 cm³/mol. The van der Waals surface area contributed by atoms with Gasteiger partial charge in [0, 0.05) is 11.8 Å². The lowest BCUT2D eigenvalue weighted by molar-refractivity contribution is 0.682. The molecule has 13 aromatic rings. The van der Waals surface area contributed by atoms with E-state index in [1.54, 1.807) is 185 Å². The quantitative estimate of drug-likeness (QED) is 0.117. The van der Waals surface area contributed by atoms with E-state index in [4.69, 9.17) is 0 Å². The van der Waals surface area contributed by atoms with Gasteiger partial charge in [0.05, 0.1) is 0 Å². The molecule has 20 rings (SSSR count). The van der Waals surface area contributed by atoms with Crippen LogP contribution in [0.15, 0.2) is 48.6 Å². The summed E-state index contributed by atoms with van der Waals surface area (Å²) in [4.78, 5) is 0. The minimum absolute atomic E-state index is 0.475. The molecule has 0 N–H and O–H groups in total. The van der Waals surface area contributed by atoms with Crippen LogP contribution in [0.25, 0.3) is 140 Å². The Hall–Kier alpha value is -5.72. The third-order valence-corrected chi connectivity index (χ3v) is 16.6. The van der Waals surface area contributed by atoms with Gasteiger partial charge in [-0.2, -0.15) is 0 Å². The van der Waals surface area contributed by atoms with Crippen molar-refractivity contribution >= 4 is 140 Å². The molecule has 13 aromatic carbocycles. The van der Waals surface area contributed by atoms with Gasteiger partial charge in [0.15, 0.2) is 0 Å². The largest absolute Gasteiger partial charge is 0.0725 e. The number of fused-ring (bicyclic) bond motifs is 1. The van der Waals surface area contributed by atoms with Crippen LogP contribution in [-0.4, -0.2) is 0 Å². The number of benzene rings is 11. The van der Waals surface area contributed by atoms with Crippen LogP contribution in [-0.2, 0) is 25.7 Å². The van der Waals surface area contributed by atoms with Crippen LogP contribution in [0.4, 0.5) is 0 Å². The Labute approximate surface area is 281 Å². The molecule has 218 valence electrons. The first-order valence-corrected chi connectivity index (χ1v) is 19.0. The van der Waals surface area contributed by atoms with Gasteiger partial charge in [-0.25, -0.2) is 0 Å². The van der Waals surface area contributed by atoms with E-state index in [0.29, 0.717) is 11.8 Å². The van der Waals surface area contributed by atoms with Crippen LogP contribution in [0.1, 0.15) is 61.6 Å². The van der Waals surface area contributed by atoms with E-state index in [1.165, 1.54) is 10.8 Å². The lowest BCUT2D eigenvalue weighted by Crippen LogP contribution is -2.19. The standard InChI is InChI=1S/C50H18/c1-3-22-23-4-2-14-6-16-8-18-10-20-12-21-11-19-9-17-7-15-5-13(1)24-33(22)41-34(23)25(14)36-31(16)38-27(18)29(20)40-32(21)39-28(19)26(17)37-30(15)35(24)42-48(41)43(36)50-47(38)45(40)44(39)46(37)49(42)50/h1-4,7-8,11-12,21,32H,5-6,9-10H2. The second-order valence-electron chi connectivity index (χ2n) is 17.9. The second-order valence-corrected chi connectivity index (χ2v) is 17.9. The predicted octanol–water partition coefficient (Wildman–Crippen LogP) is 12.4. The summed E-state index contributed by atoms with van der Waals surface area (Å²) in [5, 5.41) is 38.8. The summed E-state index contributed by atoms with van der Waals surface area (Å²) in [5.41, 5.74) is 19.6. The molecule has 0 radical (unpaired) electrons. The second kappa shape index (κ2) is 5.35. The normalized spacial score (nSPS) is 21.5. The molecular weight excluding hydrogens is 601 g/mol. The lowest BCUT2D eigenvalue weighted by atomic mass is 9.69. The molecular formula is C50H18. The van der Waals surface area contributed by atoms with Crippen molar-refractivity contribution in [3.05, 3.63) is 104 Å². The van der Waals surface area contributed by atoms with Gasteiger partial charge in [0.25, 0.3) is 0 Å². The van der Waals surface area contributed by atoms with Gasteiger partial charge in [-0.15, -0.1) is 0 Å². The first-order valence-electron chi connectivity index (χ1n) is 19.0. The average Bonchev–Trinajstić information content (AvgIpc) is 3.93. The van der Waals surface area contributed by atoms with Crippen molar-refractivity contribution in [2.75, 3.05) is 0 Å². The van der Waals surface area contributed by atoms with Crippen molar-refractivity contribution in [1.29, 1.82) is 0 Å². The van der Waals surface area contributed by atoms with Crippen LogP contribution in [0, 0.1) is 5.92 Å². The topological polar surface area (TPSA) is 0 Å². The first kappa shape index (κ1) is 20.7. The molecule has 0 saturated heterocycles. The third kappa shape index (κ3) is 1.43. The maximum absolute atomic E-state index is 2.76. The zero-order valence-corrected chi connectivity index (χ0v) is 26.6. The molecule has 0 unspecified atom stereocenters. The lowest BCUT2D eigenvalue weighted by Gasteiger charge is -2.33. The van der Waals surface area contributed by atoms with Gasteiger partial charge in [-0.3, -0.25) is 0 Å². The van der Waals surface area contributed by atoms with E-state index >= 15 is 0 Å². The molecule has 0 amide bonds. The smallest absolute Gasteiger partial charge is 0.0212 e. The van der Waals surface area contributed by atoms with Crippen molar-refractivity contribution in [1.82, 2.24) is 0 Å². The highest BCUT2D eigenvalue weighted by Crippen LogP contribution is 2.71. The summed E-state index contributed by atoms with van der Waals surface area (Å²) in [6.45, 7) is 0. The summed E-state index contributed by atoms with van der Waals surface area (Å²) >= 11 is 0. The highest BCUT2D eigenvalue weighted by atomic mass is 14.5. The fraction of sp³-hybridized carbons (Fsp3) is 0.120. The number of hydrogen-bond donors (Lipinski definition) is 0. The van der Waals surface area contributed by atoms with Gasteiger partial charge < -0.3 is 0 Å². The Morgan fingerprint density at radius 3 is 1.20 bits per heavy atom. The minimum Gasteiger partial charge on any atom is -0.0725 e. The summed E-state index contributed by atoms with van der Waals surface area (Å²) in [7, 11) is 0. The van der Waals surface area contributed by atoms with E-state index in [1.807, 2.05) is 0 Å². The molecule has 0 atom stereocenters. The maximum Gasteiger partial charge on any atom is 0.0212 e. The van der Waals surface area contributed by atoms with Crippen LogP contribution < -0.4 is 0 Å². The zero-order chi connectivity index (χ0) is 30.4. The number of allylic oxidation sites excluding steroid dienone is 4. The molecule has 0 spiro atoms. The van der Waals surface area contributed by atoms with Gasteiger partial charge in [0.1, 0.15) is 0 Å². The summed E-state index contributed by atoms with van der Waals surface area (Å²) in [6.07, 6.45) is 9.84. The Kier molecular flexibility index (Phi) is 2.22. The Bertz CT molecular complexity index is 3930. The fourth-order valence-electron chi connectivity index (χ4n) is 15.8. The van der Waals surface area contributed by atoms with E-state index < -0.39 is 0 Å². The van der Waals surface area contributed by atoms with Crippen LogP contribution in [0.2, 0.25) is 0 Å². The van der Waals surface area contributed by atoms with Crippen molar-refractivity contribution < 1.29 is 0 Å². The molecule has 0 saturated carbocycles. The molecule has 0 bridgehead atoms. The molecule has 0 heterocycles. The van der Waals surface area contributed by atoms with Gasteiger partial charge in [-0.05, 0) is 222 Å². The minimum atomic E-state index is 0.475. The zero-order valence-electron chi connectivity index (χ0n) is 26.6.